The molecule has 8 nitrogen and oxygen atoms in total. The predicted octanol–water partition coefficient (Wildman–Crippen LogP) is 10.9. The number of carbonyl (C=O) groups excluding carboxylic acids is 1. The first kappa shape index (κ1) is 48.3. The second-order valence-corrected chi connectivity index (χ2v) is 14.6. The molecule has 0 N–H and O–H groups in total. The van der Waals surface area contributed by atoms with Gasteiger partial charge >= 0.3 is 5.97 Å². The van der Waals surface area contributed by atoms with E-state index in [4.69, 9.17) is 33.2 Å². The van der Waals surface area contributed by atoms with E-state index in [0.29, 0.717) is 79.1 Å². The number of benzene rings is 3. The maximum atomic E-state index is 12.0. The molecule has 8 heteroatoms. The molecule has 0 aliphatic rings. The third-order valence-electron chi connectivity index (χ3n) is 10.1. The zero-order valence-electron chi connectivity index (χ0n) is 35.2. The molecule has 0 aromatic heterocycles. The molecular formula is C49H74O8. The maximum absolute atomic E-state index is 12.0. The standard InChI is InChI=1S/C49H74O8/c1-2-3-4-5-6-7-8-9-10-11-12-13-14-15-25-32-48(50)56-43-41-54-39-37-52-35-33-51-34-36-53-38-40-55-42-44-57-49(45-26-19-16-20-27-45,46-28-21-17-22-29-46)47-30-23-18-24-31-47/h16-24,26-31H,2-15,25,32-44H2,1H3. The fourth-order valence-corrected chi connectivity index (χ4v) is 6.93. The summed E-state index contributed by atoms with van der Waals surface area (Å²) in [5.74, 6) is -0.128. The number of rotatable bonds is 38. The van der Waals surface area contributed by atoms with Crippen molar-refractivity contribution in [3.8, 4) is 0 Å². The van der Waals surface area contributed by atoms with Crippen molar-refractivity contribution in [1.29, 1.82) is 0 Å². The molecule has 0 atom stereocenters. The highest BCUT2D eigenvalue weighted by atomic mass is 16.6. The van der Waals surface area contributed by atoms with Gasteiger partial charge in [0.25, 0.3) is 0 Å². The van der Waals surface area contributed by atoms with E-state index in [1.165, 1.54) is 83.5 Å². The summed E-state index contributed by atoms with van der Waals surface area (Å²) in [6, 6.07) is 31.0. The largest absolute Gasteiger partial charge is 0.463 e. The highest BCUT2D eigenvalue weighted by Gasteiger charge is 2.37. The van der Waals surface area contributed by atoms with E-state index in [2.05, 4.69) is 43.3 Å². The van der Waals surface area contributed by atoms with Gasteiger partial charge in [0.05, 0.1) is 72.7 Å². The Hall–Kier alpha value is -3.11. The van der Waals surface area contributed by atoms with Crippen LogP contribution in [-0.2, 0) is 43.6 Å². The summed E-state index contributed by atoms with van der Waals surface area (Å²) in [7, 11) is 0. The molecule has 0 bridgehead atoms. The van der Waals surface area contributed by atoms with Crippen molar-refractivity contribution in [2.45, 2.75) is 115 Å². The van der Waals surface area contributed by atoms with E-state index < -0.39 is 5.60 Å². The summed E-state index contributed by atoms with van der Waals surface area (Å²) in [4.78, 5) is 12.0. The molecule has 3 aromatic carbocycles. The lowest BCUT2D eigenvalue weighted by atomic mass is 9.80. The normalized spacial score (nSPS) is 11.6. The van der Waals surface area contributed by atoms with Crippen molar-refractivity contribution in [3.63, 3.8) is 0 Å². The molecule has 318 valence electrons. The van der Waals surface area contributed by atoms with E-state index in [-0.39, 0.29) is 12.6 Å². The number of hydrogen-bond acceptors (Lipinski definition) is 8. The van der Waals surface area contributed by atoms with Gasteiger partial charge < -0.3 is 33.2 Å². The van der Waals surface area contributed by atoms with E-state index in [0.717, 1.165) is 29.5 Å². The third kappa shape index (κ3) is 22.0. The van der Waals surface area contributed by atoms with E-state index >= 15 is 0 Å². The zero-order valence-corrected chi connectivity index (χ0v) is 35.2. The molecule has 0 spiro atoms. The van der Waals surface area contributed by atoms with Gasteiger partial charge in [-0.3, -0.25) is 4.79 Å². The van der Waals surface area contributed by atoms with Crippen molar-refractivity contribution in [1.82, 2.24) is 0 Å². The van der Waals surface area contributed by atoms with E-state index in [1.54, 1.807) is 0 Å². The monoisotopic (exact) mass is 791 g/mol. The Kier molecular flexibility index (Phi) is 28.6. The first-order chi connectivity index (χ1) is 28.3. The van der Waals surface area contributed by atoms with Crippen LogP contribution in [0, 0.1) is 0 Å². The fraction of sp³-hybridized carbons (Fsp3) is 0.612. The molecule has 3 aromatic rings. The summed E-state index contributed by atoms with van der Waals surface area (Å²) in [5, 5.41) is 0. The Labute approximate surface area is 345 Å². The molecule has 0 unspecified atom stereocenters. The smallest absolute Gasteiger partial charge is 0.305 e. The predicted molar refractivity (Wildman–Crippen MR) is 230 cm³/mol. The number of hydrogen-bond donors (Lipinski definition) is 0. The highest BCUT2D eigenvalue weighted by molar-refractivity contribution is 5.69. The zero-order chi connectivity index (χ0) is 40.2. The second-order valence-electron chi connectivity index (χ2n) is 14.6. The summed E-state index contributed by atoms with van der Waals surface area (Å²) in [6.45, 7) is 7.63. The van der Waals surface area contributed by atoms with Crippen molar-refractivity contribution in [2.24, 2.45) is 0 Å². The molecular weight excluding hydrogens is 717 g/mol. The van der Waals surface area contributed by atoms with Gasteiger partial charge in [-0.25, -0.2) is 0 Å². The Morgan fingerprint density at radius 3 is 1.04 bits per heavy atom. The Bertz CT molecular complexity index is 1230. The van der Waals surface area contributed by atoms with Crippen molar-refractivity contribution in [3.05, 3.63) is 108 Å². The summed E-state index contributed by atoms with van der Waals surface area (Å²) in [5.41, 5.74) is 2.46. The molecule has 0 radical (unpaired) electrons. The first-order valence-electron chi connectivity index (χ1n) is 22.1. The quantitative estimate of drug-likeness (QED) is 0.0322. The molecule has 0 saturated heterocycles. The van der Waals surface area contributed by atoms with Gasteiger partial charge in [-0.15, -0.1) is 0 Å². The molecule has 0 aliphatic carbocycles. The molecule has 0 saturated carbocycles. The minimum Gasteiger partial charge on any atom is -0.463 e. The molecule has 3 rings (SSSR count). The van der Waals surface area contributed by atoms with Crippen LogP contribution in [0.15, 0.2) is 91.0 Å². The summed E-state index contributed by atoms with van der Waals surface area (Å²) >= 11 is 0. The van der Waals surface area contributed by atoms with Crippen LogP contribution >= 0.6 is 0 Å². The van der Waals surface area contributed by atoms with Gasteiger partial charge in [0.1, 0.15) is 12.2 Å². The third-order valence-corrected chi connectivity index (χ3v) is 10.1. The van der Waals surface area contributed by atoms with Crippen LogP contribution in [0.4, 0.5) is 0 Å². The SMILES string of the molecule is CCCCCCCCCCCCCCCCCC(=O)OCCOCCOCCOCCOCCOCCOC(c1ccccc1)(c1ccccc1)c1ccccc1. The summed E-state index contributed by atoms with van der Waals surface area (Å²) < 4.78 is 40.2. The highest BCUT2D eigenvalue weighted by Crippen LogP contribution is 2.40. The minimum atomic E-state index is -0.751. The van der Waals surface area contributed by atoms with Crippen LogP contribution in [0.1, 0.15) is 126 Å². The lowest BCUT2D eigenvalue weighted by molar-refractivity contribution is -0.145. The van der Waals surface area contributed by atoms with Crippen LogP contribution in [0.25, 0.3) is 0 Å². The maximum Gasteiger partial charge on any atom is 0.305 e. The molecule has 0 heterocycles. The van der Waals surface area contributed by atoms with E-state index in [9.17, 15) is 4.79 Å². The van der Waals surface area contributed by atoms with Crippen LogP contribution < -0.4 is 0 Å². The minimum absolute atomic E-state index is 0.128. The topological polar surface area (TPSA) is 81.7 Å². The Morgan fingerprint density at radius 1 is 0.386 bits per heavy atom. The Morgan fingerprint density at radius 2 is 0.684 bits per heavy atom. The fourth-order valence-electron chi connectivity index (χ4n) is 6.93. The summed E-state index contributed by atoms with van der Waals surface area (Å²) in [6.07, 6.45) is 20.2. The van der Waals surface area contributed by atoms with Gasteiger partial charge in [0, 0.05) is 6.42 Å². The van der Waals surface area contributed by atoms with Crippen LogP contribution in [0.3, 0.4) is 0 Å². The van der Waals surface area contributed by atoms with Gasteiger partial charge in [-0.1, -0.05) is 188 Å². The first-order valence-corrected chi connectivity index (χ1v) is 22.1. The molecule has 0 amide bonds. The van der Waals surface area contributed by atoms with Crippen LogP contribution in [0.5, 0.6) is 0 Å². The number of ether oxygens (including phenoxy) is 7. The Balaban J connectivity index is 1.06. The molecule has 0 fully saturated rings. The van der Waals surface area contributed by atoms with Crippen molar-refractivity contribution >= 4 is 5.97 Å². The average molecular weight is 791 g/mol. The molecule has 0 aliphatic heterocycles. The lowest BCUT2D eigenvalue weighted by Crippen LogP contribution is -2.34. The van der Waals surface area contributed by atoms with Gasteiger partial charge in [0.15, 0.2) is 0 Å². The van der Waals surface area contributed by atoms with E-state index in [1.807, 2.05) is 54.6 Å². The lowest BCUT2D eigenvalue weighted by Gasteiger charge is -2.36. The second kappa shape index (κ2) is 33.8. The van der Waals surface area contributed by atoms with Crippen molar-refractivity contribution < 1.29 is 38.0 Å². The van der Waals surface area contributed by atoms with Gasteiger partial charge in [-0.2, -0.15) is 0 Å². The van der Waals surface area contributed by atoms with Crippen molar-refractivity contribution in [2.75, 3.05) is 79.3 Å². The van der Waals surface area contributed by atoms with Crippen LogP contribution in [-0.4, -0.2) is 85.3 Å². The molecule has 57 heavy (non-hydrogen) atoms. The van der Waals surface area contributed by atoms with Crippen LogP contribution in [0.2, 0.25) is 0 Å². The number of esters is 1. The van der Waals surface area contributed by atoms with Gasteiger partial charge in [-0.05, 0) is 23.1 Å². The number of carbonyl (C=O) groups is 1. The average Bonchev–Trinajstić information content (AvgIpc) is 3.25. The number of unbranched alkanes of at least 4 members (excludes halogenated alkanes) is 14. The van der Waals surface area contributed by atoms with Gasteiger partial charge in [0.2, 0.25) is 0 Å².